The van der Waals surface area contributed by atoms with Gasteiger partial charge >= 0.3 is 5.97 Å². The minimum absolute atomic E-state index is 0.00958. The number of halogens is 3. The summed E-state index contributed by atoms with van der Waals surface area (Å²) >= 11 is 12.3. The maximum Gasteiger partial charge on any atom is 0.305 e. The number of hydrogen-bond acceptors (Lipinski definition) is 5. The molecule has 0 spiro atoms. The number of carboxylic acid groups (broad SMARTS) is 1. The first-order chi connectivity index (χ1) is 17.2. The third kappa shape index (κ3) is 6.60. The van der Waals surface area contributed by atoms with E-state index in [1.54, 1.807) is 31.2 Å². The lowest BCUT2D eigenvalue weighted by atomic mass is 9.78. The zero-order valence-electron chi connectivity index (χ0n) is 20.8. The normalized spacial score (nSPS) is 14.1. The van der Waals surface area contributed by atoms with Crippen LogP contribution >= 0.6 is 23.2 Å². The van der Waals surface area contributed by atoms with Crippen molar-refractivity contribution in [1.29, 1.82) is 0 Å². The van der Waals surface area contributed by atoms with Crippen LogP contribution in [0.5, 0.6) is 5.88 Å². The van der Waals surface area contributed by atoms with Crippen LogP contribution in [-0.2, 0) is 4.79 Å². The first-order valence-corrected chi connectivity index (χ1v) is 12.1. The molecule has 1 amide bonds. The van der Waals surface area contributed by atoms with Crippen molar-refractivity contribution in [2.75, 3.05) is 6.61 Å². The average Bonchev–Trinajstić information content (AvgIpc) is 3.22. The molecule has 3 aromatic rings. The van der Waals surface area contributed by atoms with Crippen molar-refractivity contribution in [2.24, 2.45) is 5.41 Å². The maximum absolute atomic E-state index is 14.6. The molecule has 0 aliphatic heterocycles. The number of aromatic nitrogens is 2. The number of amides is 1. The molecule has 1 aromatic heterocycles. The van der Waals surface area contributed by atoms with Crippen molar-refractivity contribution in [2.45, 2.75) is 45.8 Å². The van der Waals surface area contributed by atoms with Crippen molar-refractivity contribution in [3.63, 3.8) is 0 Å². The largest absolute Gasteiger partial charge is 0.481 e. The lowest BCUT2D eigenvalue weighted by Crippen LogP contribution is -2.45. The molecule has 0 fully saturated rings. The molecular formula is C26H28Cl2FN3O5. The number of carbonyl (C=O) groups is 2. The summed E-state index contributed by atoms with van der Waals surface area (Å²) in [6, 6.07) is 10.7. The van der Waals surface area contributed by atoms with E-state index >= 15 is 0 Å². The fourth-order valence-electron chi connectivity index (χ4n) is 3.24. The molecule has 2 aromatic carbocycles. The number of nitrogens with zero attached hydrogens (tertiary/aromatic N) is 2. The topological polar surface area (TPSA) is 114 Å². The smallest absolute Gasteiger partial charge is 0.305 e. The van der Waals surface area contributed by atoms with Gasteiger partial charge in [-0.1, -0.05) is 68.2 Å². The SMILES string of the molecule is CC(C)(C)C(C)(O)COc1cc(C(=O)NC(CC(=O)O)c2cccc(Cl)c2Cl)nn1-c1ccccc1F. The Morgan fingerprint density at radius 1 is 1.14 bits per heavy atom. The van der Waals surface area contributed by atoms with Gasteiger partial charge in [-0.25, -0.2) is 4.39 Å². The summed E-state index contributed by atoms with van der Waals surface area (Å²) in [4.78, 5) is 24.7. The number of aliphatic hydroxyl groups is 1. The van der Waals surface area contributed by atoms with Gasteiger partial charge in [0.1, 0.15) is 23.7 Å². The number of aliphatic carboxylic acids is 1. The number of para-hydroxylation sites is 1. The molecule has 8 nitrogen and oxygen atoms in total. The molecule has 3 rings (SSSR count). The molecule has 198 valence electrons. The molecule has 0 saturated heterocycles. The number of carboxylic acids is 1. The standard InChI is InChI=1S/C26H28Cl2FN3O5/c1-25(2,3)26(4,36)14-37-21-12-19(31-32(21)20-11-6-5-10-17(20)29)24(35)30-18(13-22(33)34)15-8-7-9-16(27)23(15)28/h5-12,18,36H,13-14H2,1-4H3,(H,30,35)(H,33,34). The van der Waals surface area contributed by atoms with Crippen LogP contribution in [0.4, 0.5) is 4.39 Å². The highest BCUT2D eigenvalue weighted by Crippen LogP contribution is 2.33. The Labute approximate surface area is 224 Å². The van der Waals surface area contributed by atoms with E-state index in [4.69, 9.17) is 27.9 Å². The Bertz CT molecular complexity index is 1300. The van der Waals surface area contributed by atoms with Crippen molar-refractivity contribution in [3.05, 3.63) is 75.7 Å². The quantitative estimate of drug-likeness (QED) is 0.326. The van der Waals surface area contributed by atoms with E-state index in [2.05, 4.69) is 10.4 Å². The van der Waals surface area contributed by atoms with Crippen LogP contribution in [0.2, 0.25) is 10.0 Å². The summed E-state index contributed by atoms with van der Waals surface area (Å²) in [6.45, 7) is 6.96. The third-order valence-electron chi connectivity index (χ3n) is 6.15. The fourth-order valence-corrected chi connectivity index (χ4v) is 3.68. The van der Waals surface area contributed by atoms with E-state index < -0.39 is 41.2 Å². The number of carbonyl (C=O) groups excluding carboxylic acids is 1. The Kier molecular flexibility index (Phi) is 8.52. The predicted octanol–water partition coefficient (Wildman–Crippen LogP) is 5.44. The van der Waals surface area contributed by atoms with Crippen LogP contribution in [0.15, 0.2) is 48.5 Å². The Morgan fingerprint density at radius 2 is 1.81 bits per heavy atom. The second-order valence-corrected chi connectivity index (χ2v) is 10.6. The number of rotatable bonds is 9. The summed E-state index contributed by atoms with van der Waals surface area (Å²) in [6.07, 6.45) is -0.475. The summed E-state index contributed by atoms with van der Waals surface area (Å²) in [7, 11) is 0. The van der Waals surface area contributed by atoms with Gasteiger partial charge < -0.3 is 20.3 Å². The van der Waals surface area contributed by atoms with Crippen LogP contribution < -0.4 is 10.1 Å². The fraction of sp³-hybridized carbons (Fsp3) is 0.346. The lowest BCUT2D eigenvalue weighted by Gasteiger charge is -2.36. The highest BCUT2D eigenvalue weighted by Gasteiger charge is 2.36. The molecule has 0 radical (unpaired) electrons. The zero-order valence-corrected chi connectivity index (χ0v) is 22.3. The van der Waals surface area contributed by atoms with Gasteiger partial charge in [-0.05, 0) is 36.1 Å². The molecular weight excluding hydrogens is 524 g/mol. The second-order valence-electron chi connectivity index (χ2n) is 9.81. The first-order valence-electron chi connectivity index (χ1n) is 11.4. The van der Waals surface area contributed by atoms with E-state index in [-0.39, 0.29) is 33.9 Å². The van der Waals surface area contributed by atoms with Gasteiger partial charge in [0.2, 0.25) is 5.88 Å². The highest BCUT2D eigenvalue weighted by atomic mass is 35.5. The lowest BCUT2D eigenvalue weighted by molar-refractivity contribution is -0.137. The van der Waals surface area contributed by atoms with Gasteiger partial charge in [-0.15, -0.1) is 0 Å². The summed E-state index contributed by atoms with van der Waals surface area (Å²) < 4.78 is 21.6. The van der Waals surface area contributed by atoms with Gasteiger partial charge in [0, 0.05) is 6.07 Å². The van der Waals surface area contributed by atoms with Crippen molar-refractivity contribution in [3.8, 4) is 11.6 Å². The number of nitrogens with one attached hydrogen (secondary N) is 1. The molecule has 11 heteroatoms. The van der Waals surface area contributed by atoms with E-state index in [0.717, 1.165) is 4.68 Å². The Morgan fingerprint density at radius 3 is 2.43 bits per heavy atom. The summed E-state index contributed by atoms with van der Waals surface area (Å²) in [5, 5.41) is 27.4. The number of hydrogen-bond donors (Lipinski definition) is 3. The number of ether oxygens (including phenoxy) is 1. The Balaban J connectivity index is 1.98. The van der Waals surface area contributed by atoms with Crippen LogP contribution in [0.3, 0.4) is 0 Å². The number of benzene rings is 2. The molecule has 0 aliphatic carbocycles. The summed E-state index contributed by atoms with van der Waals surface area (Å²) in [5.74, 6) is -2.52. The third-order valence-corrected chi connectivity index (χ3v) is 6.98. The molecule has 0 aliphatic rings. The highest BCUT2D eigenvalue weighted by molar-refractivity contribution is 6.42. The van der Waals surface area contributed by atoms with Crippen LogP contribution in [0.1, 0.15) is 56.2 Å². The van der Waals surface area contributed by atoms with E-state index in [9.17, 15) is 24.2 Å². The van der Waals surface area contributed by atoms with E-state index in [1.807, 2.05) is 20.8 Å². The van der Waals surface area contributed by atoms with E-state index in [1.165, 1.54) is 24.3 Å². The van der Waals surface area contributed by atoms with Crippen molar-refractivity contribution >= 4 is 35.1 Å². The van der Waals surface area contributed by atoms with Gasteiger partial charge in [-0.2, -0.15) is 9.78 Å². The Hall–Kier alpha value is -3.14. The molecule has 3 N–H and O–H groups in total. The molecule has 1 heterocycles. The van der Waals surface area contributed by atoms with Crippen molar-refractivity contribution in [1.82, 2.24) is 15.1 Å². The zero-order chi connectivity index (χ0) is 27.5. The second kappa shape index (κ2) is 11.1. The van der Waals surface area contributed by atoms with Crippen LogP contribution in [0, 0.1) is 11.2 Å². The minimum atomic E-state index is -1.27. The first kappa shape index (κ1) is 28.4. The average molecular weight is 552 g/mol. The molecule has 2 atom stereocenters. The van der Waals surface area contributed by atoms with E-state index in [0.29, 0.717) is 5.56 Å². The molecule has 2 unspecified atom stereocenters. The summed E-state index contributed by atoms with van der Waals surface area (Å²) in [5.41, 5.74) is -1.64. The van der Waals surface area contributed by atoms with Gasteiger partial charge in [-0.3, -0.25) is 9.59 Å². The van der Waals surface area contributed by atoms with Crippen molar-refractivity contribution < 1.29 is 28.9 Å². The van der Waals surface area contributed by atoms with Gasteiger partial charge in [0.25, 0.3) is 5.91 Å². The minimum Gasteiger partial charge on any atom is -0.481 e. The maximum atomic E-state index is 14.6. The van der Waals surface area contributed by atoms with Gasteiger partial charge in [0.15, 0.2) is 5.69 Å². The molecule has 37 heavy (non-hydrogen) atoms. The molecule has 0 bridgehead atoms. The van der Waals surface area contributed by atoms with Crippen LogP contribution in [0.25, 0.3) is 5.69 Å². The molecule has 0 saturated carbocycles. The van der Waals surface area contributed by atoms with Gasteiger partial charge in [0.05, 0.1) is 22.5 Å². The van der Waals surface area contributed by atoms with Crippen LogP contribution in [-0.4, -0.2) is 44.1 Å². The monoisotopic (exact) mass is 551 g/mol. The predicted molar refractivity (Wildman–Crippen MR) is 138 cm³/mol.